The zero-order chi connectivity index (χ0) is 23.2. The van der Waals surface area contributed by atoms with Gasteiger partial charge in [-0.05, 0) is 90.8 Å². The SMILES string of the molecule is CCC(C)C1(C)CC1C(C)C1CCC2C3CC=C4CC(O)CC(O)C4(C)C3C(O)CC12C. The maximum Gasteiger partial charge on any atom is 0.0659 e. The molecule has 13 unspecified atom stereocenters. The minimum absolute atomic E-state index is 0.128. The van der Waals surface area contributed by atoms with Crippen LogP contribution in [-0.2, 0) is 0 Å². The topological polar surface area (TPSA) is 60.7 Å². The Balaban J connectivity index is 1.42. The molecule has 0 aliphatic heterocycles. The summed E-state index contributed by atoms with van der Waals surface area (Å²) in [7, 11) is 0. The van der Waals surface area contributed by atoms with E-state index in [4.69, 9.17) is 0 Å². The summed E-state index contributed by atoms with van der Waals surface area (Å²) < 4.78 is 0. The molecule has 3 nitrogen and oxygen atoms in total. The average molecular weight is 445 g/mol. The van der Waals surface area contributed by atoms with E-state index in [-0.39, 0.29) is 22.9 Å². The normalized spacial score (nSPS) is 56.5. The van der Waals surface area contributed by atoms with Gasteiger partial charge in [0.15, 0.2) is 0 Å². The first-order chi connectivity index (χ1) is 15.0. The van der Waals surface area contributed by atoms with Gasteiger partial charge in [0, 0.05) is 11.8 Å². The highest BCUT2D eigenvalue weighted by atomic mass is 16.3. The predicted molar refractivity (Wildman–Crippen MR) is 129 cm³/mol. The fourth-order valence-electron chi connectivity index (χ4n) is 10.2. The molecule has 5 aliphatic carbocycles. The van der Waals surface area contributed by atoms with E-state index in [9.17, 15) is 15.3 Å². The Bertz CT molecular complexity index is 776. The van der Waals surface area contributed by atoms with Crippen molar-refractivity contribution in [2.75, 3.05) is 0 Å². The summed E-state index contributed by atoms with van der Waals surface area (Å²) in [6.45, 7) is 14.5. The van der Waals surface area contributed by atoms with E-state index in [1.807, 2.05) is 0 Å². The molecule has 0 heterocycles. The van der Waals surface area contributed by atoms with Gasteiger partial charge in [0.05, 0.1) is 18.3 Å². The van der Waals surface area contributed by atoms with Crippen molar-refractivity contribution in [2.45, 2.75) is 111 Å². The van der Waals surface area contributed by atoms with Gasteiger partial charge in [0.1, 0.15) is 0 Å². The van der Waals surface area contributed by atoms with Gasteiger partial charge in [-0.1, -0.05) is 59.6 Å². The number of hydrogen-bond acceptors (Lipinski definition) is 3. The molecule has 3 N–H and O–H groups in total. The second-order valence-electron chi connectivity index (χ2n) is 13.6. The Kier molecular flexibility index (Phi) is 5.52. The minimum atomic E-state index is -0.553. The third-order valence-electron chi connectivity index (χ3n) is 12.5. The van der Waals surface area contributed by atoms with Crippen molar-refractivity contribution in [3.05, 3.63) is 11.6 Å². The number of aliphatic hydroxyl groups excluding tert-OH is 3. The van der Waals surface area contributed by atoms with Crippen molar-refractivity contribution in [2.24, 2.45) is 57.7 Å². The lowest BCUT2D eigenvalue weighted by Gasteiger charge is -2.61. The molecule has 4 saturated carbocycles. The van der Waals surface area contributed by atoms with Gasteiger partial charge in [-0.25, -0.2) is 0 Å². The first kappa shape index (κ1) is 23.4. The minimum Gasteiger partial charge on any atom is -0.393 e. The van der Waals surface area contributed by atoms with Crippen LogP contribution in [0.5, 0.6) is 0 Å². The number of aliphatic hydroxyl groups is 3. The Morgan fingerprint density at radius 1 is 1.03 bits per heavy atom. The van der Waals surface area contributed by atoms with Crippen molar-refractivity contribution >= 4 is 0 Å². The summed E-state index contributed by atoms with van der Waals surface area (Å²) in [5, 5.41) is 33.1. The highest BCUT2D eigenvalue weighted by molar-refractivity contribution is 5.29. The zero-order valence-corrected chi connectivity index (χ0v) is 21.3. The molecule has 13 atom stereocenters. The molecule has 0 bridgehead atoms. The van der Waals surface area contributed by atoms with Gasteiger partial charge in [0.25, 0.3) is 0 Å². The first-order valence-corrected chi connectivity index (χ1v) is 13.7. The Morgan fingerprint density at radius 2 is 1.75 bits per heavy atom. The predicted octanol–water partition coefficient (Wildman–Crippen LogP) is 5.58. The molecular formula is C29H48O3. The molecule has 32 heavy (non-hydrogen) atoms. The third kappa shape index (κ3) is 3.02. The quantitative estimate of drug-likeness (QED) is 0.496. The second-order valence-corrected chi connectivity index (χ2v) is 13.6. The lowest BCUT2D eigenvalue weighted by molar-refractivity contribution is -0.159. The number of allylic oxidation sites excluding steroid dienone is 1. The maximum atomic E-state index is 11.7. The van der Waals surface area contributed by atoms with Gasteiger partial charge in [-0.15, -0.1) is 0 Å². The highest BCUT2D eigenvalue weighted by Crippen LogP contribution is 2.71. The molecule has 4 fully saturated rings. The summed E-state index contributed by atoms with van der Waals surface area (Å²) in [4.78, 5) is 0. The molecule has 0 amide bonds. The van der Waals surface area contributed by atoms with E-state index in [0.29, 0.717) is 36.0 Å². The van der Waals surface area contributed by atoms with E-state index in [0.717, 1.165) is 30.6 Å². The summed E-state index contributed by atoms with van der Waals surface area (Å²) in [6, 6.07) is 0. The number of fused-ring (bicyclic) bond motifs is 5. The highest BCUT2D eigenvalue weighted by Gasteiger charge is 2.66. The molecule has 5 rings (SSSR count). The van der Waals surface area contributed by atoms with Gasteiger partial charge in [0.2, 0.25) is 0 Å². The van der Waals surface area contributed by atoms with Crippen LogP contribution in [-0.4, -0.2) is 33.6 Å². The first-order valence-electron chi connectivity index (χ1n) is 13.7. The van der Waals surface area contributed by atoms with Gasteiger partial charge >= 0.3 is 0 Å². The molecule has 0 aromatic rings. The molecule has 182 valence electrons. The van der Waals surface area contributed by atoms with Gasteiger partial charge in [-0.3, -0.25) is 0 Å². The molecule has 0 aromatic heterocycles. The standard InChI is InChI=1S/C29H48O3/c1-7-16(2)27(4)14-23(27)17(3)21-10-11-22-20-9-8-18-12-19(30)13-25(32)29(18,6)26(20)24(31)15-28(21,22)5/h8,16-17,19-26,30-32H,7,9-15H2,1-6H3. The number of hydrogen-bond donors (Lipinski definition) is 3. The van der Waals surface area contributed by atoms with E-state index < -0.39 is 12.2 Å². The molecular weight excluding hydrogens is 396 g/mol. The second kappa shape index (κ2) is 7.56. The Labute approximate surface area is 196 Å². The summed E-state index contributed by atoms with van der Waals surface area (Å²) in [5.74, 6) is 4.30. The van der Waals surface area contributed by atoms with Crippen LogP contribution < -0.4 is 0 Å². The molecule has 0 saturated heterocycles. The summed E-state index contributed by atoms with van der Waals surface area (Å²) in [6.07, 6.45) is 9.26. The van der Waals surface area contributed by atoms with Crippen LogP contribution in [0.1, 0.15) is 92.9 Å². The number of rotatable bonds is 4. The largest absolute Gasteiger partial charge is 0.393 e. The van der Waals surface area contributed by atoms with Crippen LogP contribution in [0.3, 0.4) is 0 Å². The Hall–Kier alpha value is -0.380. The molecule has 0 radical (unpaired) electrons. The molecule has 5 aliphatic rings. The van der Waals surface area contributed by atoms with Crippen LogP contribution in [0.15, 0.2) is 11.6 Å². The van der Waals surface area contributed by atoms with E-state index in [1.165, 1.54) is 31.3 Å². The van der Waals surface area contributed by atoms with Crippen LogP contribution in [0, 0.1) is 57.7 Å². The van der Waals surface area contributed by atoms with E-state index in [2.05, 4.69) is 47.6 Å². The van der Waals surface area contributed by atoms with Crippen molar-refractivity contribution in [3.8, 4) is 0 Å². The lowest BCUT2D eigenvalue weighted by atomic mass is 9.45. The van der Waals surface area contributed by atoms with Gasteiger partial charge < -0.3 is 15.3 Å². The van der Waals surface area contributed by atoms with Crippen LogP contribution in [0.25, 0.3) is 0 Å². The Morgan fingerprint density at radius 3 is 2.44 bits per heavy atom. The molecule has 0 spiro atoms. The van der Waals surface area contributed by atoms with Crippen molar-refractivity contribution in [1.29, 1.82) is 0 Å². The third-order valence-corrected chi connectivity index (χ3v) is 12.5. The van der Waals surface area contributed by atoms with Crippen LogP contribution in [0.4, 0.5) is 0 Å². The molecule has 3 heteroatoms. The van der Waals surface area contributed by atoms with E-state index in [1.54, 1.807) is 0 Å². The van der Waals surface area contributed by atoms with Crippen molar-refractivity contribution in [3.63, 3.8) is 0 Å². The summed E-state index contributed by atoms with van der Waals surface area (Å²) in [5.41, 5.74) is 1.55. The van der Waals surface area contributed by atoms with Crippen LogP contribution >= 0.6 is 0 Å². The zero-order valence-electron chi connectivity index (χ0n) is 21.3. The monoisotopic (exact) mass is 444 g/mol. The van der Waals surface area contributed by atoms with Gasteiger partial charge in [-0.2, -0.15) is 0 Å². The lowest BCUT2D eigenvalue weighted by Crippen LogP contribution is -2.60. The fraction of sp³-hybridized carbons (Fsp3) is 0.931. The van der Waals surface area contributed by atoms with Crippen molar-refractivity contribution < 1.29 is 15.3 Å². The average Bonchev–Trinajstić information content (AvgIpc) is 3.31. The summed E-state index contributed by atoms with van der Waals surface area (Å²) >= 11 is 0. The smallest absolute Gasteiger partial charge is 0.0659 e. The fourth-order valence-corrected chi connectivity index (χ4v) is 10.2. The molecule has 0 aromatic carbocycles. The van der Waals surface area contributed by atoms with Crippen LogP contribution in [0.2, 0.25) is 0 Å². The maximum absolute atomic E-state index is 11.7. The van der Waals surface area contributed by atoms with Crippen molar-refractivity contribution in [1.82, 2.24) is 0 Å². The van der Waals surface area contributed by atoms with E-state index >= 15 is 0 Å².